The molecule has 1 saturated heterocycles. The molecule has 0 bridgehead atoms. The Morgan fingerprint density at radius 2 is 2.06 bits per heavy atom. The van der Waals surface area contributed by atoms with Crippen LogP contribution in [0.5, 0.6) is 0 Å². The molecule has 3 N–H and O–H groups in total. The van der Waals surface area contributed by atoms with E-state index in [0.717, 1.165) is 19.3 Å². The number of nitrogens with zero attached hydrogens (tertiary/aromatic N) is 1. The van der Waals surface area contributed by atoms with E-state index in [-0.39, 0.29) is 25.0 Å². The van der Waals surface area contributed by atoms with Crippen molar-refractivity contribution in [2.75, 3.05) is 6.54 Å². The van der Waals surface area contributed by atoms with Crippen molar-refractivity contribution in [1.29, 1.82) is 0 Å². The standard InChI is InChI=1S/C12H20N2O4/c1-7-3-2-4-9(7)13-12(18)14-6-8(15)5-10(14)11(16)17/h7-10,15H,2-6H2,1H3,(H,13,18)(H,16,17)/t7?,8?,9?,10-/m0/s1. The number of carboxylic acid groups (broad SMARTS) is 1. The molecule has 4 atom stereocenters. The Bertz CT molecular complexity index is 347. The number of rotatable bonds is 2. The number of aliphatic carboxylic acids is 1. The second kappa shape index (κ2) is 5.14. The molecule has 1 heterocycles. The van der Waals surface area contributed by atoms with Gasteiger partial charge < -0.3 is 20.4 Å². The first kappa shape index (κ1) is 13.1. The zero-order chi connectivity index (χ0) is 13.3. The highest BCUT2D eigenvalue weighted by atomic mass is 16.4. The predicted octanol–water partition coefficient (Wildman–Crippen LogP) is 0.404. The summed E-state index contributed by atoms with van der Waals surface area (Å²) in [5.41, 5.74) is 0. The molecular weight excluding hydrogens is 236 g/mol. The molecule has 1 aliphatic heterocycles. The number of carboxylic acids is 1. The molecule has 0 aromatic carbocycles. The Hall–Kier alpha value is -1.30. The Morgan fingerprint density at radius 1 is 1.33 bits per heavy atom. The molecular formula is C12H20N2O4. The molecule has 2 fully saturated rings. The summed E-state index contributed by atoms with van der Waals surface area (Å²) in [6, 6.07) is -1.14. The Balaban J connectivity index is 1.97. The van der Waals surface area contributed by atoms with Crippen LogP contribution in [0, 0.1) is 5.92 Å². The molecule has 0 aromatic heterocycles. The van der Waals surface area contributed by atoms with E-state index in [1.54, 1.807) is 0 Å². The normalized spacial score (nSPS) is 35.8. The maximum atomic E-state index is 12.0. The molecule has 0 spiro atoms. The van der Waals surface area contributed by atoms with Gasteiger partial charge in [0, 0.05) is 19.0 Å². The van der Waals surface area contributed by atoms with Gasteiger partial charge in [0.2, 0.25) is 0 Å². The maximum absolute atomic E-state index is 12.0. The third kappa shape index (κ3) is 2.58. The number of β-amino-alcohol motifs (C(OH)–C–C–N with tert-alkyl or cyclic N) is 1. The quantitative estimate of drug-likeness (QED) is 0.667. The van der Waals surface area contributed by atoms with E-state index in [4.69, 9.17) is 5.11 Å². The lowest BCUT2D eigenvalue weighted by Gasteiger charge is -2.25. The number of amides is 2. The summed E-state index contributed by atoms with van der Waals surface area (Å²) in [7, 11) is 0. The lowest BCUT2D eigenvalue weighted by molar-refractivity contribution is -0.141. The molecule has 18 heavy (non-hydrogen) atoms. The van der Waals surface area contributed by atoms with Crippen LogP contribution in [0.2, 0.25) is 0 Å². The van der Waals surface area contributed by atoms with Crippen LogP contribution in [0.25, 0.3) is 0 Å². The summed E-state index contributed by atoms with van der Waals surface area (Å²) >= 11 is 0. The van der Waals surface area contributed by atoms with E-state index in [0.29, 0.717) is 5.92 Å². The molecule has 1 saturated carbocycles. The highest BCUT2D eigenvalue weighted by Crippen LogP contribution is 2.26. The van der Waals surface area contributed by atoms with Gasteiger partial charge in [0.1, 0.15) is 6.04 Å². The zero-order valence-corrected chi connectivity index (χ0v) is 10.5. The molecule has 2 aliphatic rings. The van der Waals surface area contributed by atoms with Gasteiger partial charge in [0.25, 0.3) is 0 Å². The summed E-state index contributed by atoms with van der Waals surface area (Å²) < 4.78 is 0. The molecule has 2 rings (SSSR count). The first-order valence-electron chi connectivity index (χ1n) is 6.47. The fourth-order valence-corrected chi connectivity index (χ4v) is 2.87. The summed E-state index contributed by atoms with van der Waals surface area (Å²) in [6.45, 7) is 2.19. The van der Waals surface area contributed by atoms with Crippen molar-refractivity contribution >= 4 is 12.0 Å². The van der Waals surface area contributed by atoms with Crippen LogP contribution in [0.15, 0.2) is 0 Å². The smallest absolute Gasteiger partial charge is 0.326 e. The van der Waals surface area contributed by atoms with Crippen LogP contribution in [0.3, 0.4) is 0 Å². The van der Waals surface area contributed by atoms with E-state index in [2.05, 4.69) is 12.2 Å². The average molecular weight is 256 g/mol. The minimum atomic E-state index is -1.05. The van der Waals surface area contributed by atoms with Crippen LogP contribution in [0.4, 0.5) is 4.79 Å². The number of likely N-dealkylation sites (tertiary alicyclic amines) is 1. The Labute approximate surface area is 106 Å². The van der Waals surface area contributed by atoms with E-state index in [9.17, 15) is 14.7 Å². The number of aliphatic hydroxyl groups is 1. The minimum Gasteiger partial charge on any atom is -0.480 e. The van der Waals surface area contributed by atoms with Gasteiger partial charge in [0.15, 0.2) is 0 Å². The third-order valence-corrected chi connectivity index (χ3v) is 4.00. The van der Waals surface area contributed by atoms with Gasteiger partial charge in [-0.1, -0.05) is 13.3 Å². The number of aliphatic hydroxyl groups excluding tert-OH is 1. The van der Waals surface area contributed by atoms with Crippen molar-refractivity contribution in [3.63, 3.8) is 0 Å². The molecule has 2 amide bonds. The summed E-state index contributed by atoms with van der Waals surface area (Å²) in [4.78, 5) is 24.3. The lowest BCUT2D eigenvalue weighted by Crippen LogP contribution is -2.49. The number of hydrogen-bond acceptors (Lipinski definition) is 3. The van der Waals surface area contributed by atoms with Crippen molar-refractivity contribution < 1.29 is 19.8 Å². The third-order valence-electron chi connectivity index (χ3n) is 4.00. The second-order valence-corrected chi connectivity index (χ2v) is 5.36. The Morgan fingerprint density at radius 3 is 2.61 bits per heavy atom. The van der Waals surface area contributed by atoms with Crippen molar-refractivity contribution in [3.8, 4) is 0 Å². The molecule has 0 radical (unpaired) electrons. The van der Waals surface area contributed by atoms with Gasteiger partial charge in [-0.05, 0) is 18.8 Å². The minimum absolute atomic E-state index is 0.101. The Kier molecular flexibility index (Phi) is 3.75. The first-order valence-corrected chi connectivity index (χ1v) is 6.47. The van der Waals surface area contributed by atoms with Crippen molar-refractivity contribution in [3.05, 3.63) is 0 Å². The molecule has 0 aromatic rings. The highest BCUT2D eigenvalue weighted by Gasteiger charge is 2.40. The van der Waals surface area contributed by atoms with E-state index in [1.807, 2.05) is 0 Å². The monoisotopic (exact) mass is 256 g/mol. The fourth-order valence-electron chi connectivity index (χ4n) is 2.87. The predicted molar refractivity (Wildman–Crippen MR) is 64.1 cm³/mol. The SMILES string of the molecule is CC1CCCC1NC(=O)N1CC(O)C[C@H]1C(=O)O. The van der Waals surface area contributed by atoms with Gasteiger partial charge in [0.05, 0.1) is 6.10 Å². The molecule has 6 nitrogen and oxygen atoms in total. The topological polar surface area (TPSA) is 89.9 Å². The van der Waals surface area contributed by atoms with E-state index >= 15 is 0 Å². The van der Waals surface area contributed by atoms with Gasteiger partial charge in [-0.3, -0.25) is 0 Å². The average Bonchev–Trinajstić information content (AvgIpc) is 2.86. The summed E-state index contributed by atoms with van der Waals surface area (Å²) in [5, 5.41) is 21.4. The van der Waals surface area contributed by atoms with Crippen LogP contribution in [0.1, 0.15) is 32.6 Å². The highest BCUT2D eigenvalue weighted by molar-refractivity contribution is 5.83. The zero-order valence-electron chi connectivity index (χ0n) is 10.5. The lowest BCUT2D eigenvalue weighted by atomic mass is 10.1. The van der Waals surface area contributed by atoms with Crippen LogP contribution in [-0.4, -0.2) is 51.8 Å². The number of carbonyl (C=O) groups excluding carboxylic acids is 1. The summed E-state index contributed by atoms with van der Waals surface area (Å²) in [6.07, 6.45) is 2.51. The first-order chi connectivity index (χ1) is 8.49. The van der Waals surface area contributed by atoms with E-state index in [1.165, 1.54) is 4.90 Å². The largest absolute Gasteiger partial charge is 0.480 e. The molecule has 102 valence electrons. The second-order valence-electron chi connectivity index (χ2n) is 5.36. The van der Waals surface area contributed by atoms with Crippen molar-refractivity contribution in [1.82, 2.24) is 10.2 Å². The van der Waals surface area contributed by atoms with Crippen LogP contribution >= 0.6 is 0 Å². The summed E-state index contributed by atoms with van der Waals surface area (Å²) in [5.74, 6) is -0.620. The molecule has 1 aliphatic carbocycles. The van der Waals surface area contributed by atoms with Crippen molar-refractivity contribution in [2.45, 2.75) is 50.8 Å². The van der Waals surface area contributed by atoms with Gasteiger partial charge in [-0.15, -0.1) is 0 Å². The number of carbonyl (C=O) groups is 2. The van der Waals surface area contributed by atoms with E-state index < -0.39 is 18.1 Å². The van der Waals surface area contributed by atoms with Gasteiger partial charge >= 0.3 is 12.0 Å². The van der Waals surface area contributed by atoms with Crippen LogP contribution in [-0.2, 0) is 4.79 Å². The maximum Gasteiger partial charge on any atom is 0.326 e. The molecule has 6 heteroatoms. The number of urea groups is 1. The fraction of sp³-hybridized carbons (Fsp3) is 0.833. The van der Waals surface area contributed by atoms with Gasteiger partial charge in [-0.2, -0.15) is 0 Å². The van der Waals surface area contributed by atoms with Crippen molar-refractivity contribution in [2.24, 2.45) is 5.92 Å². The van der Waals surface area contributed by atoms with Crippen LogP contribution < -0.4 is 5.32 Å². The number of hydrogen-bond donors (Lipinski definition) is 3. The number of nitrogens with one attached hydrogen (secondary N) is 1. The molecule has 3 unspecified atom stereocenters. The van der Waals surface area contributed by atoms with Gasteiger partial charge in [-0.25, -0.2) is 9.59 Å².